The zero-order valence-corrected chi connectivity index (χ0v) is 14.9. The van der Waals surface area contributed by atoms with Crippen LogP contribution in [-0.4, -0.2) is 43.6 Å². The van der Waals surface area contributed by atoms with Crippen molar-refractivity contribution in [3.8, 4) is 0 Å². The van der Waals surface area contributed by atoms with E-state index >= 15 is 0 Å². The number of amides is 1. The number of nitrogens with zero attached hydrogens (tertiary/aromatic N) is 2. The fraction of sp³-hybridized carbons (Fsp3) is 0.438. The van der Waals surface area contributed by atoms with E-state index in [2.05, 4.69) is 24.7 Å². The van der Waals surface area contributed by atoms with E-state index in [-0.39, 0.29) is 18.0 Å². The third kappa shape index (κ3) is 4.19. The first-order chi connectivity index (χ1) is 10.8. The molecule has 1 aromatic carbocycles. The van der Waals surface area contributed by atoms with E-state index in [9.17, 15) is 9.59 Å². The normalized spacial score (nSPS) is 17.7. The molecule has 0 bridgehead atoms. The van der Waals surface area contributed by atoms with E-state index in [1.165, 1.54) is 12.1 Å². The quantitative estimate of drug-likeness (QED) is 0.627. The molecule has 1 aliphatic rings. The molecule has 124 valence electrons. The molecular formula is C16H22N2O4Si. The fourth-order valence-electron chi connectivity index (χ4n) is 2.38. The molecule has 1 atom stereocenters. The summed E-state index contributed by atoms with van der Waals surface area (Å²) in [5.41, 5.74) is 1.07. The Labute approximate surface area is 137 Å². The molecule has 23 heavy (non-hydrogen) atoms. The van der Waals surface area contributed by atoms with Gasteiger partial charge in [0, 0.05) is 6.42 Å². The highest BCUT2D eigenvalue weighted by Crippen LogP contribution is 2.26. The van der Waals surface area contributed by atoms with Gasteiger partial charge in [0.25, 0.3) is 0 Å². The van der Waals surface area contributed by atoms with Crippen LogP contribution in [-0.2, 0) is 20.9 Å². The van der Waals surface area contributed by atoms with Crippen LogP contribution < -0.4 is 0 Å². The zero-order valence-electron chi connectivity index (χ0n) is 13.9. The van der Waals surface area contributed by atoms with Gasteiger partial charge in [-0.1, -0.05) is 50.0 Å². The second kappa shape index (κ2) is 6.95. The average molecular weight is 334 g/mol. The summed E-state index contributed by atoms with van der Waals surface area (Å²) in [7, 11) is -0.446. The standard InChI is InChI=1S/C16H22N2O4Si/c1-21-15(19)13-10-14(23(2,3)4)18(17-13)16(20)22-11-12-8-6-5-7-9-12/h5-9,14H,10-11H2,1-4H3/t14-/m1/s1. The zero-order chi connectivity index (χ0) is 17.0. The summed E-state index contributed by atoms with van der Waals surface area (Å²) >= 11 is 0. The van der Waals surface area contributed by atoms with Gasteiger partial charge in [-0.05, 0) is 5.56 Å². The maximum atomic E-state index is 12.4. The van der Waals surface area contributed by atoms with Crippen LogP contribution in [0, 0.1) is 0 Å². The minimum absolute atomic E-state index is 0.111. The van der Waals surface area contributed by atoms with E-state index in [1.54, 1.807) is 0 Å². The van der Waals surface area contributed by atoms with Crippen molar-refractivity contribution in [1.29, 1.82) is 0 Å². The molecule has 7 heteroatoms. The Balaban J connectivity index is 2.10. The number of rotatable bonds is 4. The van der Waals surface area contributed by atoms with Gasteiger partial charge in [0.1, 0.15) is 12.3 Å². The van der Waals surface area contributed by atoms with Crippen molar-refractivity contribution < 1.29 is 19.1 Å². The summed E-state index contributed by atoms with van der Waals surface area (Å²) in [5, 5.41) is 5.48. The number of hydrogen-bond acceptors (Lipinski definition) is 5. The van der Waals surface area contributed by atoms with Crippen LogP contribution in [0.2, 0.25) is 19.6 Å². The predicted octanol–water partition coefficient (Wildman–Crippen LogP) is 2.80. The summed E-state index contributed by atoms with van der Waals surface area (Å²) < 4.78 is 10.1. The second-order valence-corrected chi connectivity index (χ2v) is 11.9. The minimum atomic E-state index is -1.76. The lowest BCUT2D eigenvalue weighted by Gasteiger charge is -2.30. The molecule has 0 radical (unpaired) electrons. The highest BCUT2D eigenvalue weighted by Gasteiger charge is 2.43. The smallest absolute Gasteiger partial charge is 0.430 e. The molecule has 0 aromatic heterocycles. The van der Waals surface area contributed by atoms with Crippen molar-refractivity contribution >= 4 is 25.8 Å². The molecule has 0 saturated heterocycles. The lowest BCUT2D eigenvalue weighted by atomic mass is 10.2. The summed E-state index contributed by atoms with van der Waals surface area (Å²) in [6.07, 6.45) is -0.108. The first-order valence-corrected chi connectivity index (χ1v) is 11.1. The minimum Gasteiger partial charge on any atom is -0.464 e. The Morgan fingerprint density at radius 3 is 2.48 bits per heavy atom. The third-order valence-electron chi connectivity index (χ3n) is 3.72. The van der Waals surface area contributed by atoms with E-state index in [0.717, 1.165) is 5.56 Å². The topological polar surface area (TPSA) is 68.2 Å². The van der Waals surface area contributed by atoms with Crippen LogP contribution >= 0.6 is 0 Å². The van der Waals surface area contributed by atoms with Gasteiger partial charge < -0.3 is 9.47 Å². The van der Waals surface area contributed by atoms with Crippen molar-refractivity contribution in [2.75, 3.05) is 7.11 Å². The van der Waals surface area contributed by atoms with E-state index < -0.39 is 20.1 Å². The summed E-state index contributed by atoms with van der Waals surface area (Å²) in [6.45, 7) is 6.57. The van der Waals surface area contributed by atoms with E-state index in [1.807, 2.05) is 30.3 Å². The van der Waals surface area contributed by atoms with Gasteiger partial charge >= 0.3 is 12.1 Å². The fourth-order valence-corrected chi connectivity index (χ4v) is 4.08. The molecule has 1 amide bonds. The molecule has 0 unspecified atom stereocenters. The number of carbonyl (C=O) groups excluding carboxylic acids is 2. The number of ether oxygens (including phenoxy) is 2. The van der Waals surface area contributed by atoms with Gasteiger partial charge in [-0.15, -0.1) is 0 Å². The van der Waals surface area contributed by atoms with Crippen LogP contribution in [0.15, 0.2) is 35.4 Å². The summed E-state index contributed by atoms with van der Waals surface area (Å²) in [5.74, 6) is -0.494. The van der Waals surface area contributed by atoms with Crippen LogP contribution in [0.3, 0.4) is 0 Å². The number of methoxy groups -OCH3 is 1. The van der Waals surface area contributed by atoms with Crippen molar-refractivity contribution in [2.24, 2.45) is 5.10 Å². The molecule has 0 saturated carbocycles. The highest BCUT2D eigenvalue weighted by atomic mass is 28.3. The van der Waals surface area contributed by atoms with E-state index in [4.69, 9.17) is 9.47 Å². The molecule has 1 aliphatic heterocycles. The second-order valence-electron chi connectivity index (χ2n) is 6.51. The molecule has 2 rings (SSSR count). The van der Waals surface area contributed by atoms with Crippen LogP contribution in [0.5, 0.6) is 0 Å². The van der Waals surface area contributed by atoms with Crippen molar-refractivity contribution in [3.63, 3.8) is 0 Å². The first-order valence-electron chi connectivity index (χ1n) is 7.48. The molecule has 1 heterocycles. The number of benzene rings is 1. The van der Waals surface area contributed by atoms with Gasteiger partial charge in [-0.2, -0.15) is 10.1 Å². The van der Waals surface area contributed by atoms with Gasteiger partial charge in [-0.25, -0.2) is 9.59 Å². The van der Waals surface area contributed by atoms with Crippen LogP contribution in [0.1, 0.15) is 12.0 Å². The predicted molar refractivity (Wildman–Crippen MR) is 89.7 cm³/mol. The van der Waals surface area contributed by atoms with E-state index in [0.29, 0.717) is 6.42 Å². The Kier molecular flexibility index (Phi) is 5.20. The molecule has 0 aliphatic carbocycles. The number of esters is 1. The Hall–Kier alpha value is -2.15. The van der Waals surface area contributed by atoms with Crippen molar-refractivity contribution in [1.82, 2.24) is 5.01 Å². The third-order valence-corrected chi connectivity index (χ3v) is 6.17. The molecule has 1 aromatic rings. The Bertz CT molecular complexity index is 610. The lowest BCUT2D eigenvalue weighted by Crippen LogP contribution is -2.49. The van der Waals surface area contributed by atoms with Crippen molar-refractivity contribution in [3.05, 3.63) is 35.9 Å². The molecule has 0 fully saturated rings. The van der Waals surface area contributed by atoms with Crippen molar-refractivity contribution in [2.45, 2.75) is 38.3 Å². The number of hydrazone groups is 1. The first kappa shape index (κ1) is 17.2. The lowest BCUT2D eigenvalue weighted by molar-refractivity contribution is -0.132. The number of carbonyl (C=O) groups is 2. The Morgan fingerprint density at radius 2 is 1.91 bits per heavy atom. The average Bonchev–Trinajstić information content (AvgIpc) is 2.98. The molecule has 0 N–H and O–H groups in total. The maximum Gasteiger partial charge on any atom is 0.430 e. The highest BCUT2D eigenvalue weighted by molar-refractivity contribution is 6.78. The molecular weight excluding hydrogens is 312 g/mol. The monoisotopic (exact) mass is 334 g/mol. The van der Waals surface area contributed by atoms with Gasteiger partial charge in [0.15, 0.2) is 0 Å². The largest absolute Gasteiger partial charge is 0.464 e. The summed E-state index contributed by atoms with van der Waals surface area (Å²) in [4.78, 5) is 24.1. The van der Waals surface area contributed by atoms with Crippen LogP contribution in [0.4, 0.5) is 4.79 Å². The Morgan fingerprint density at radius 1 is 1.26 bits per heavy atom. The summed E-state index contributed by atoms with van der Waals surface area (Å²) in [6, 6.07) is 9.45. The molecule has 6 nitrogen and oxygen atoms in total. The van der Waals surface area contributed by atoms with Gasteiger partial charge in [-0.3, -0.25) is 0 Å². The molecule has 0 spiro atoms. The van der Waals surface area contributed by atoms with Gasteiger partial charge in [0.05, 0.1) is 20.8 Å². The van der Waals surface area contributed by atoms with Crippen LogP contribution in [0.25, 0.3) is 0 Å². The SMILES string of the molecule is COC(=O)C1=NN(C(=O)OCc2ccccc2)[C@H]([Si](C)(C)C)C1. The van der Waals surface area contributed by atoms with Gasteiger partial charge in [0.2, 0.25) is 0 Å². The maximum absolute atomic E-state index is 12.4. The number of hydrogen-bond donors (Lipinski definition) is 0.